The molecule has 1 nitrogen and oxygen atoms in total. The van der Waals surface area contributed by atoms with Gasteiger partial charge < -0.3 is 4.90 Å². The van der Waals surface area contributed by atoms with Crippen LogP contribution >= 0.6 is 46.7 Å². The van der Waals surface area contributed by atoms with E-state index in [4.69, 9.17) is 23.2 Å². The number of halogens is 2. The molecular formula is C26H33Cl2NS2. The molecule has 1 atom stereocenters. The number of rotatable bonds is 8. The molecule has 0 radical (unpaired) electrons. The quantitative estimate of drug-likeness (QED) is 0.365. The van der Waals surface area contributed by atoms with Gasteiger partial charge in [-0.05, 0) is 85.5 Å². The second kappa shape index (κ2) is 10.3. The zero-order valence-electron chi connectivity index (χ0n) is 18.6. The monoisotopic (exact) mass is 493 g/mol. The standard InChI is InChI=1S/C26H33Cl2NS2/c1-20(17-26(30-15-4-16-31-26)22-7-11-24(28)12-8-22)18-29(2)19-25(13-3-14-25)21-5-9-23(27)10-6-21/h5-12,20H,3-4,13-19H2,1-2H3. The molecule has 4 rings (SSSR count). The maximum atomic E-state index is 6.18. The molecule has 168 valence electrons. The number of hydrogen-bond donors (Lipinski definition) is 0. The van der Waals surface area contributed by atoms with Gasteiger partial charge in [-0.15, -0.1) is 23.5 Å². The molecule has 31 heavy (non-hydrogen) atoms. The molecule has 1 unspecified atom stereocenters. The Labute approximate surface area is 206 Å². The highest BCUT2D eigenvalue weighted by Crippen LogP contribution is 2.54. The molecular weight excluding hydrogens is 461 g/mol. The van der Waals surface area contributed by atoms with E-state index in [1.54, 1.807) is 0 Å². The lowest BCUT2D eigenvalue weighted by atomic mass is 9.64. The Morgan fingerprint density at radius 2 is 1.42 bits per heavy atom. The van der Waals surface area contributed by atoms with Gasteiger partial charge in [0.05, 0.1) is 4.08 Å². The molecule has 0 bridgehead atoms. The highest BCUT2D eigenvalue weighted by atomic mass is 35.5. The molecule has 1 aliphatic carbocycles. The van der Waals surface area contributed by atoms with Crippen molar-refractivity contribution in [2.45, 2.75) is 48.5 Å². The van der Waals surface area contributed by atoms with Crippen LogP contribution in [-0.2, 0) is 9.49 Å². The maximum absolute atomic E-state index is 6.18. The van der Waals surface area contributed by atoms with Crippen LogP contribution in [0.2, 0.25) is 10.0 Å². The molecule has 2 fully saturated rings. The molecule has 0 aromatic heterocycles. The first kappa shape index (κ1) is 23.8. The summed E-state index contributed by atoms with van der Waals surface area (Å²) in [7, 11) is 2.31. The van der Waals surface area contributed by atoms with Gasteiger partial charge in [0.25, 0.3) is 0 Å². The zero-order valence-corrected chi connectivity index (χ0v) is 21.7. The van der Waals surface area contributed by atoms with Crippen LogP contribution in [0.5, 0.6) is 0 Å². The Morgan fingerprint density at radius 3 is 1.94 bits per heavy atom. The van der Waals surface area contributed by atoms with Crippen LogP contribution in [0.3, 0.4) is 0 Å². The van der Waals surface area contributed by atoms with Crippen molar-refractivity contribution < 1.29 is 0 Å². The minimum Gasteiger partial charge on any atom is -0.305 e. The first-order valence-corrected chi connectivity index (χ1v) is 14.1. The Kier molecular flexibility index (Phi) is 7.92. The minimum absolute atomic E-state index is 0.160. The summed E-state index contributed by atoms with van der Waals surface area (Å²) in [5, 5.41) is 1.65. The zero-order chi connectivity index (χ0) is 21.9. The molecule has 1 saturated heterocycles. The van der Waals surface area contributed by atoms with Crippen molar-refractivity contribution >= 4 is 46.7 Å². The largest absolute Gasteiger partial charge is 0.305 e. The Balaban J connectivity index is 1.42. The summed E-state index contributed by atoms with van der Waals surface area (Å²) >= 11 is 16.6. The summed E-state index contributed by atoms with van der Waals surface area (Å²) in [4.78, 5) is 2.58. The van der Waals surface area contributed by atoms with Crippen LogP contribution in [-0.4, -0.2) is 36.5 Å². The first-order valence-electron chi connectivity index (χ1n) is 11.4. The molecule has 2 aromatic carbocycles. The van der Waals surface area contributed by atoms with Crippen molar-refractivity contribution in [3.05, 3.63) is 69.7 Å². The summed E-state index contributed by atoms with van der Waals surface area (Å²) in [5.74, 6) is 3.12. The maximum Gasteiger partial charge on any atom is 0.0863 e. The van der Waals surface area contributed by atoms with Gasteiger partial charge in [-0.1, -0.05) is 60.8 Å². The lowest BCUT2D eigenvalue weighted by Gasteiger charge is -2.46. The van der Waals surface area contributed by atoms with Crippen LogP contribution in [0.4, 0.5) is 0 Å². The Bertz CT molecular complexity index is 843. The molecule has 5 heteroatoms. The second-order valence-corrected chi connectivity index (χ2v) is 13.4. The fourth-order valence-electron chi connectivity index (χ4n) is 5.26. The molecule has 0 spiro atoms. The van der Waals surface area contributed by atoms with Gasteiger partial charge in [-0.2, -0.15) is 0 Å². The molecule has 1 heterocycles. The van der Waals surface area contributed by atoms with Crippen LogP contribution in [0.1, 0.15) is 50.2 Å². The van der Waals surface area contributed by atoms with Crippen LogP contribution < -0.4 is 0 Å². The summed E-state index contributed by atoms with van der Waals surface area (Å²) in [6.07, 6.45) is 6.41. The highest BCUT2D eigenvalue weighted by Gasteiger charge is 2.40. The first-order chi connectivity index (χ1) is 14.9. The smallest absolute Gasteiger partial charge is 0.0863 e. The third-order valence-corrected chi connectivity index (χ3v) is 10.8. The second-order valence-electron chi connectivity index (χ2n) is 9.46. The predicted octanol–water partition coefficient (Wildman–Crippen LogP) is 8.10. The third kappa shape index (κ3) is 5.61. The molecule has 2 aliphatic rings. The average Bonchev–Trinajstić information content (AvgIpc) is 2.72. The van der Waals surface area contributed by atoms with Gasteiger partial charge in [0, 0.05) is 28.5 Å². The number of nitrogens with zero attached hydrogens (tertiary/aromatic N) is 1. The van der Waals surface area contributed by atoms with Crippen molar-refractivity contribution in [1.82, 2.24) is 4.90 Å². The van der Waals surface area contributed by atoms with E-state index in [9.17, 15) is 0 Å². The Morgan fingerprint density at radius 1 is 0.871 bits per heavy atom. The van der Waals surface area contributed by atoms with Gasteiger partial charge in [0.15, 0.2) is 0 Å². The molecule has 2 aromatic rings. The lowest BCUT2D eigenvalue weighted by Crippen LogP contribution is -2.45. The minimum atomic E-state index is 0.160. The van der Waals surface area contributed by atoms with E-state index in [1.807, 2.05) is 12.1 Å². The van der Waals surface area contributed by atoms with E-state index in [0.29, 0.717) is 11.3 Å². The van der Waals surface area contributed by atoms with Gasteiger partial charge in [-0.25, -0.2) is 0 Å². The van der Waals surface area contributed by atoms with Crippen LogP contribution in [0, 0.1) is 5.92 Å². The molecule has 0 N–H and O–H groups in total. The summed E-state index contributed by atoms with van der Waals surface area (Å²) < 4.78 is 0.160. The van der Waals surface area contributed by atoms with Gasteiger partial charge in [-0.3, -0.25) is 0 Å². The van der Waals surface area contributed by atoms with Gasteiger partial charge in [0.2, 0.25) is 0 Å². The van der Waals surface area contributed by atoms with E-state index >= 15 is 0 Å². The van der Waals surface area contributed by atoms with Gasteiger partial charge >= 0.3 is 0 Å². The van der Waals surface area contributed by atoms with Crippen molar-refractivity contribution in [2.24, 2.45) is 5.92 Å². The van der Waals surface area contributed by atoms with E-state index in [1.165, 1.54) is 54.7 Å². The van der Waals surface area contributed by atoms with Crippen molar-refractivity contribution in [3.63, 3.8) is 0 Å². The van der Waals surface area contributed by atoms with Crippen LogP contribution in [0.15, 0.2) is 48.5 Å². The molecule has 1 aliphatic heterocycles. The predicted molar refractivity (Wildman–Crippen MR) is 141 cm³/mol. The van der Waals surface area contributed by atoms with Crippen molar-refractivity contribution in [1.29, 1.82) is 0 Å². The van der Waals surface area contributed by atoms with E-state index in [2.05, 4.69) is 78.8 Å². The lowest BCUT2D eigenvalue weighted by molar-refractivity contribution is 0.146. The fraction of sp³-hybridized carbons (Fsp3) is 0.538. The van der Waals surface area contributed by atoms with E-state index in [0.717, 1.165) is 23.1 Å². The topological polar surface area (TPSA) is 3.24 Å². The van der Waals surface area contributed by atoms with Gasteiger partial charge in [0.1, 0.15) is 0 Å². The number of benzene rings is 2. The highest BCUT2D eigenvalue weighted by molar-refractivity contribution is 8.18. The third-order valence-electron chi connectivity index (χ3n) is 6.82. The van der Waals surface area contributed by atoms with E-state index in [-0.39, 0.29) is 4.08 Å². The number of likely N-dealkylation sites (N-methyl/N-ethyl adjacent to an activating group) is 1. The van der Waals surface area contributed by atoms with E-state index < -0.39 is 0 Å². The number of hydrogen-bond acceptors (Lipinski definition) is 3. The number of thioether (sulfide) groups is 2. The fourth-order valence-corrected chi connectivity index (χ4v) is 9.18. The molecule has 0 amide bonds. The molecule has 1 saturated carbocycles. The Hall–Kier alpha value is -0.320. The SMILES string of the molecule is CC(CN(C)CC1(c2ccc(Cl)cc2)CCC1)CC1(c2ccc(Cl)cc2)SCCCS1. The average molecular weight is 495 g/mol. The normalized spacial score (nSPS) is 20.9. The summed E-state index contributed by atoms with van der Waals surface area (Å²) in [6.45, 7) is 4.69. The van der Waals surface area contributed by atoms with Crippen molar-refractivity contribution in [3.8, 4) is 0 Å². The summed E-state index contributed by atoms with van der Waals surface area (Å²) in [5.41, 5.74) is 3.19. The summed E-state index contributed by atoms with van der Waals surface area (Å²) in [6, 6.07) is 17.2. The van der Waals surface area contributed by atoms with Crippen LogP contribution in [0.25, 0.3) is 0 Å². The van der Waals surface area contributed by atoms with Crippen molar-refractivity contribution in [2.75, 3.05) is 31.6 Å².